The molecule has 0 saturated carbocycles. The Balaban J connectivity index is 3.13. The second kappa shape index (κ2) is 6.61. The van der Waals surface area contributed by atoms with E-state index in [0.29, 0.717) is 5.69 Å². The van der Waals surface area contributed by atoms with Crippen LogP contribution < -0.4 is 5.73 Å². The van der Waals surface area contributed by atoms with Crippen LogP contribution in [-0.2, 0) is 22.5 Å². The highest BCUT2D eigenvalue weighted by Gasteiger charge is 2.21. The van der Waals surface area contributed by atoms with Crippen molar-refractivity contribution in [1.82, 2.24) is 4.98 Å². The summed E-state index contributed by atoms with van der Waals surface area (Å²) in [6, 6.07) is 1.35. The number of carbonyl (C=O) groups is 1. The van der Waals surface area contributed by atoms with Gasteiger partial charge in [-0.3, -0.25) is 4.79 Å². The van der Waals surface area contributed by atoms with E-state index < -0.39 is 18.0 Å². The van der Waals surface area contributed by atoms with E-state index in [2.05, 4.69) is 4.98 Å². The molecular formula is C11H13ClF2N2O2. The Kier molecular flexibility index (Phi) is 5.43. The summed E-state index contributed by atoms with van der Waals surface area (Å²) in [5.41, 5.74) is 5.39. The number of hydrogen-bond donors (Lipinski definition) is 1. The first kappa shape index (κ1) is 14.8. The lowest BCUT2D eigenvalue weighted by molar-refractivity contribution is -0.142. The fourth-order valence-corrected chi connectivity index (χ4v) is 1.79. The molecule has 1 aromatic heterocycles. The fourth-order valence-electron chi connectivity index (χ4n) is 1.48. The molecule has 0 fully saturated rings. The monoisotopic (exact) mass is 278 g/mol. The zero-order chi connectivity index (χ0) is 13.7. The summed E-state index contributed by atoms with van der Waals surface area (Å²) in [6.07, 6.45) is -3.08. The molecule has 4 nitrogen and oxygen atoms in total. The van der Waals surface area contributed by atoms with Crippen LogP contribution >= 0.6 is 11.6 Å². The Labute approximate surface area is 108 Å². The summed E-state index contributed by atoms with van der Waals surface area (Å²) in [5.74, 6) is -0.593. The van der Waals surface area contributed by atoms with E-state index in [0.717, 1.165) is 0 Å². The summed E-state index contributed by atoms with van der Waals surface area (Å²) in [6.45, 7) is 1.88. The molecular weight excluding hydrogens is 266 g/mol. The molecule has 7 heteroatoms. The van der Waals surface area contributed by atoms with Crippen molar-refractivity contribution >= 4 is 17.6 Å². The van der Waals surface area contributed by atoms with Crippen molar-refractivity contribution in [3.05, 3.63) is 28.0 Å². The molecule has 0 aliphatic rings. The van der Waals surface area contributed by atoms with E-state index in [9.17, 15) is 13.6 Å². The van der Waals surface area contributed by atoms with E-state index in [-0.39, 0.29) is 30.3 Å². The van der Waals surface area contributed by atoms with Crippen molar-refractivity contribution in [1.29, 1.82) is 0 Å². The second-order valence-electron chi connectivity index (χ2n) is 3.46. The number of aromatic nitrogens is 1. The van der Waals surface area contributed by atoms with E-state index >= 15 is 0 Å². The maximum absolute atomic E-state index is 12.9. The molecule has 0 radical (unpaired) electrons. The molecule has 0 bridgehead atoms. The van der Waals surface area contributed by atoms with Crippen molar-refractivity contribution in [2.24, 2.45) is 5.73 Å². The van der Waals surface area contributed by atoms with Gasteiger partial charge in [-0.2, -0.15) is 0 Å². The molecule has 1 heterocycles. The molecule has 0 amide bonds. The number of carbonyl (C=O) groups excluding carboxylic acids is 1. The van der Waals surface area contributed by atoms with Gasteiger partial charge in [-0.25, -0.2) is 13.8 Å². The number of pyridine rings is 1. The lowest BCUT2D eigenvalue weighted by Crippen LogP contribution is -2.12. The fraction of sp³-hybridized carbons (Fsp3) is 0.455. The molecule has 1 aromatic rings. The van der Waals surface area contributed by atoms with Crippen LogP contribution in [0.15, 0.2) is 6.07 Å². The smallest absolute Gasteiger partial charge is 0.310 e. The quantitative estimate of drug-likeness (QED) is 0.663. The zero-order valence-corrected chi connectivity index (χ0v) is 10.5. The van der Waals surface area contributed by atoms with Crippen LogP contribution in [-0.4, -0.2) is 17.6 Å². The number of alkyl halides is 2. The van der Waals surface area contributed by atoms with Gasteiger partial charge in [0.1, 0.15) is 5.15 Å². The Morgan fingerprint density at radius 3 is 2.78 bits per heavy atom. The summed E-state index contributed by atoms with van der Waals surface area (Å²) >= 11 is 5.67. The van der Waals surface area contributed by atoms with Gasteiger partial charge in [0.15, 0.2) is 0 Å². The molecule has 1 rings (SSSR count). The summed E-state index contributed by atoms with van der Waals surface area (Å²) in [4.78, 5) is 15.1. The van der Waals surface area contributed by atoms with Gasteiger partial charge >= 0.3 is 5.97 Å². The average Bonchev–Trinajstić information content (AvgIpc) is 2.27. The SMILES string of the molecule is CCOC(=O)Cc1cc(CN)nc(Cl)c1C(F)F. The zero-order valence-electron chi connectivity index (χ0n) is 9.75. The molecule has 18 heavy (non-hydrogen) atoms. The first-order chi connectivity index (χ1) is 8.49. The topological polar surface area (TPSA) is 65.2 Å². The number of nitrogens with two attached hydrogens (primary N) is 1. The van der Waals surface area contributed by atoms with E-state index in [4.69, 9.17) is 22.1 Å². The third kappa shape index (κ3) is 3.61. The van der Waals surface area contributed by atoms with Gasteiger partial charge in [-0.05, 0) is 18.6 Å². The number of hydrogen-bond acceptors (Lipinski definition) is 4. The van der Waals surface area contributed by atoms with Gasteiger partial charge in [0, 0.05) is 6.54 Å². The van der Waals surface area contributed by atoms with Crippen LogP contribution in [0.5, 0.6) is 0 Å². The Morgan fingerprint density at radius 2 is 2.28 bits per heavy atom. The number of nitrogens with zero attached hydrogens (tertiary/aromatic N) is 1. The number of ether oxygens (including phenoxy) is 1. The van der Waals surface area contributed by atoms with Gasteiger partial charge < -0.3 is 10.5 Å². The van der Waals surface area contributed by atoms with Crippen LogP contribution in [0.3, 0.4) is 0 Å². The molecule has 0 aromatic carbocycles. The predicted molar refractivity (Wildman–Crippen MR) is 62.4 cm³/mol. The van der Waals surface area contributed by atoms with Gasteiger partial charge in [0.05, 0.1) is 24.3 Å². The highest BCUT2D eigenvalue weighted by Crippen LogP contribution is 2.30. The lowest BCUT2D eigenvalue weighted by atomic mass is 10.1. The van der Waals surface area contributed by atoms with E-state index in [1.165, 1.54) is 6.07 Å². The summed E-state index contributed by atoms with van der Waals surface area (Å²) in [7, 11) is 0. The van der Waals surface area contributed by atoms with Crippen LogP contribution in [0.2, 0.25) is 5.15 Å². The minimum Gasteiger partial charge on any atom is -0.466 e. The third-order valence-electron chi connectivity index (χ3n) is 2.22. The highest BCUT2D eigenvalue weighted by atomic mass is 35.5. The molecule has 100 valence electrons. The minimum atomic E-state index is -2.80. The van der Waals surface area contributed by atoms with Gasteiger partial charge in [-0.15, -0.1) is 0 Å². The normalized spacial score (nSPS) is 10.8. The van der Waals surface area contributed by atoms with E-state index in [1.807, 2.05) is 0 Å². The number of esters is 1. The van der Waals surface area contributed by atoms with Gasteiger partial charge in [0.2, 0.25) is 0 Å². The van der Waals surface area contributed by atoms with Crippen molar-refractivity contribution in [3.8, 4) is 0 Å². The Hall–Kier alpha value is -1.27. The number of rotatable bonds is 5. The summed E-state index contributed by atoms with van der Waals surface area (Å²) in [5, 5.41) is -0.327. The minimum absolute atomic E-state index is 0.0546. The molecule has 0 aliphatic heterocycles. The molecule has 0 unspecified atom stereocenters. The largest absolute Gasteiger partial charge is 0.466 e. The standard InChI is InChI=1S/C11H13ClF2N2O2/c1-2-18-8(17)4-6-3-7(5-15)16-10(12)9(6)11(13)14/h3,11H,2,4-5,15H2,1H3. The maximum atomic E-state index is 12.9. The van der Waals surface area contributed by atoms with Crippen molar-refractivity contribution in [2.75, 3.05) is 6.61 Å². The lowest BCUT2D eigenvalue weighted by Gasteiger charge is -2.11. The van der Waals surface area contributed by atoms with Gasteiger partial charge in [-0.1, -0.05) is 11.6 Å². The maximum Gasteiger partial charge on any atom is 0.310 e. The van der Waals surface area contributed by atoms with Crippen molar-refractivity contribution in [2.45, 2.75) is 26.3 Å². The molecule has 0 atom stereocenters. The summed E-state index contributed by atoms with van der Waals surface area (Å²) < 4.78 is 30.4. The van der Waals surface area contributed by atoms with Crippen LogP contribution in [0.1, 0.15) is 30.2 Å². The van der Waals surface area contributed by atoms with Crippen molar-refractivity contribution < 1.29 is 18.3 Å². The molecule has 0 saturated heterocycles. The van der Waals surface area contributed by atoms with Gasteiger partial charge in [0.25, 0.3) is 6.43 Å². The third-order valence-corrected chi connectivity index (χ3v) is 2.51. The number of halogens is 3. The van der Waals surface area contributed by atoms with Crippen LogP contribution in [0.25, 0.3) is 0 Å². The second-order valence-corrected chi connectivity index (χ2v) is 3.82. The van der Waals surface area contributed by atoms with Crippen LogP contribution in [0.4, 0.5) is 8.78 Å². The Bertz CT molecular complexity index is 441. The van der Waals surface area contributed by atoms with Crippen LogP contribution in [0, 0.1) is 0 Å². The van der Waals surface area contributed by atoms with Crippen molar-refractivity contribution in [3.63, 3.8) is 0 Å². The highest BCUT2D eigenvalue weighted by molar-refractivity contribution is 6.30. The first-order valence-corrected chi connectivity index (χ1v) is 5.69. The average molecular weight is 279 g/mol. The van der Waals surface area contributed by atoms with E-state index in [1.54, 1.807) is 6.92 Å². The molecule has 0 aliphatic carbocycles. The first-order valence-electron chi connectivity index (χ1n) is 5.31. The molecule has 2 N–H and O–H groups in total. The Morgan fingerprint density at radius 1 is 1.61 bits per heavy atom. The predicted octanol–water partition coefficient (Wildman–Crippen LogP) is 2.24. The molecule has 0 spiro atoms.